The molecule has 25 heavy (non-hydrogen) atoms. The molecule has 4 rings (SSSR count). The van der Waals surface area contributed by atoms with Crippen LogP contribution < -0.4 is 0 Å². The number of aromatic nitrogens is 4. The van der Waals surface area contributed by atoms with Crippen LogP contribution in [0.1, 0.15) is 11.8 Å². The van der Waals surface area contributed by atoms with Crippen molar-refractivity contribution in [2.24, 2.45) is 0 Å². The number of rotatable bonds is 4. The van der Waals surface area contributed by atoms with Crippen LogP contribution in [0.15, 0.2) is 54.6 Å². The van der Waals surface area contributed by atoms with E-state index in [9.17, 15) is 10.2 Å². The molecule has 0 aliphatic heterocycles. The molecule has 0 spiro atoms. The van der Waals surface area contributed by atoms with Gasteiger partial charge in [-0.15, -0.1) is 0 Å². The van der Waals surface area contributed by atoms with Crippen LogP contribution in [0.5, 0.6) is 0 Å². The SMILES string of the molecule is OC[C@H](O)[C@H](O)c1nn(-c2ccccc2)c2nc3ccccc3nc12. The van der Waals surface area contributed by atoms with E-state index in [0.717, 1.165) is 5.69 Å². The van der Waals surface area contributed by atoms with Crippen LogP contribution in [0.25, 0.3) is 27.9 Å². The first-order chi connectivity index (χ1) is 12.2. The zero-order valence-electron chi connectivity index (χ0n) is 13.2. The van der Waals surface area contributed by atoms with Crippen LogP contribution in [0.3, 0.4) is 0 Å². The maximum Gasteiger partial charge on any atom is 0.182 e. The van der Waals surface area contributed by atoms with E-state index in [0.29, 0.717) is 22.2 Å². The minimum atomic E-state index is -1.37. The Morgan fingerprint density at radius 3 is 2.20 bits per heavy atom. The molecule has 0 saturated heterocycles. The van der Waals surface area contributed by atoms with Crippen molar-refractivity contribution in [1.29, 1.82) is 0 Å². The summed E-state index contributed by atoms with van der Waals surface area (Å²) in [5.74, 6) is 0. The highest BCUT2D eigenvalue weighted by Crippen LogP contribution is 2.27. The summed E-state index contributed by atoms with van der Waals surface area (Å²) < 4.78 is 1.58. The van der Waals surface area contributed by atoms with Gasteiger partial charge < -0.3 is 15.3 Å². The third-order valence-corrected chi connectivity index (χ3v) is 4.04. The first-order valence-corrected chi connectivity index (χ1v) is 7.87. The summed E-state index contributed by atoms with van der Waals surface area (Å²) in [6, 6.07) is 16.8. The lowest BCUT2D eigenvalue weighted by molar-refractivity contribution is -0.0168. The Bertz CT molecular complexity index is 1030. The minimum Gasteiger partial charge on any atom is -0.394 e. The molecule has 2 atom stereocenters. The summed E-state index contributed by atoms with van der Waals surface area (Å²) in [4.78, 5) is 9.19. The van der Waals surface area contributed by atoms with Gasteiger partial charge in [-0.25, -0.2) is 14.6 Å². The minimum absolute atomic E-state index is 0.179. The van der Waals surface area contributed by atoms with Crippen molar-refractivity contribution < 1.29 is 15.3 Å². The Morgan fingerprint density at radius 1 is 0.880 bits per heavy atom. The van der Waals surface area contributed by atoms with Crippen LogP contribution in [0, 0.1) is 0 Å². The van der Waals surface area contributed by atoms with Gasteiger partial charge in [0.05, 0.1) is 23.3 Å². The summed E-state index contributed by atoms with van der Waals surface area (Å²) in [6.07, 6.45) is -2.72. The van der Waals surface area contributed by atoms with E-state index in [1.807, 2.05) is 54.6 Å². The molecule has 7 heteroatoms. The number of aliphatic hydroxyl groups is 3. The van der Waals surface area contributed by atoms with Crippen molar-refractivity contribution in [1.82, 2.24) is 19.7 Å². The Labute approximate surface area is 142 Å². The van der Waals surface area contributed by atoms with Gasteiger partial charge in [0.15, 0.2) is 5.65 Å². The second kappa shape index (κ2) is 6.21. The number of nitrogens with zero attached hydrogens (tertiary/aromatic N) is 4. The third kappa shape index (κ3) is 2.64. The molecule has 2 heterocycles. The third-order valence-electron chi connectivity index (χ3n) is 4.04. The smallest absolute Gasteiger partial charge is 0.182 e. The highest BCUT2D eigenvalue weighted by atomic mass is 16.4. The zero-order chi connectivity index (χ0) is 17.4. The van der Waals surface area contributed by atoms with Gasteiger partial charge in [0.25, 0.3) is 0 Å². The average molecular weight is 336 g/mol. The van der Waals surface area contributed by atoms with E-state index in [4.69, 9.17) is 5.11 Å². The number of para-hydroxylation sites is 3. The van der Waals surface area contributed by atoms with Gasteiger partial charge in [-0.3, -0.25) is 0 Å². The monoisotopic (exact) mass is 336 g/mol. The van der Waals surface area contributed by atoms with E-state index < -0.39 is 18.8 Å². The molecule has 126 valence electrons. The lowest BCUT2D eigenvalue weighted by atomic mass is 10.1. The van der Waals surface area contributed by atoms with Crippen LogP contribution in [0.2, 0.25) is 0 Å². The van der Waals surface area contributed by atoms with E-state index in [1.54, 1.807) is 4.68 Å². The maximum atomic E-state index is 10.4. The molecule has 0 saturated carbocycles. The zero-order valence-corrected chi connectivity index (χ0v) is 13.2. The fourth-order valence-corrected chi connectivity index (χ4v) is 2.74. The second-order valence-corrected chi connectivity index (χ2v) is 5.71. The van der Waals surface area contributed by atoms with Crippen LogP contribution in [0.4, 0.5) is 0 Å². The van der Waals surface area contributed by atoms with Crippen molar-refractivity contribution >= 4 is 22.2 Å². The molecule has 0 radical (unpaired) electrons. The van der Waals surface area contributed by atoms with Crippen LogP contribution in [-0.4, -0.2) is 47.8 Å². The van der Waals surface area contributed by atoms with Crippen LogP contribution in [-0.2, 0) is 0 Å². The number of hydrogen-bond acceptors (Lipinski definition) is 6. The highest BCUT2D eigenvalue weighted by Gasteiger charge is 2.26. The molecule has 0 fully saturated rings. The standard InChI is InChI=1S/C18H16N4O3/c23-10-14(24)17(25)15-16-18(20-13-9-5-4-8-12(13)19-16)22(21-15)11-6-2-1-3-7-11/h1-9,14,17,23-25H,10H2/t14-,17-/m0/s1. The molecule has 4 aromatic rings. The van der Waals surface area contributed by atoms with Gasteiger partial charge in [0.2, 0.25) is 0 Å². The Hall–Kier alpha value is -2.87. The largest absolute Gasteiger partial charge is 0.394 e. The number of hydrogen-bond donors (Lipinski definition) is 3. The normalized spacial score (nSPS) is 14.0. The lowest BCUT2D eigenvalue weighted by Crippen LogP contribution is -2.22. The van der Waals surface area contributed by atoms with E-state index in [-0.39, 0.29) is 5.69 Å². The molecule has 0 aliphatic carbocycles. The summed E-state index contributed by atoms with van der Waals surface area (Å²) in [6.45, 7) is -0.581. The topological polar surface area (TPSA) is 104 Å². The molecule has 2 aromatic carbocycles. The van der Waals surface area contributed by atoms with Gasteiger partial charge >= 0.3 is 0 Å². The molecule has 0 amide bonds. The molecular weight excluding hydrogens is 320 g/mol. The predicted molar refractivity (Wildman–Crippen MR) is 92.2 cm³/mol. The predicted octanol–water partition coefficient (Wildman–Crippen LogP) is 1.36. The maximum absolute atomic E-state index is 10.4. The lowest BCUT2D eigenvalue weighted by Gasteiger charge is -2.12. The molecule has 7 nitrogen and oxygen atoms in total. The van der Waals surface area contributed by atoms with Gasteiger partial charge in [-0.1, -0.05) is 30.3 Å². The molecule has 0 unspecified atom stereocenters. The molecular formula is C18H16N4O3. The fourth-order valence-electron chi connectivity index (χ4n) is 2.74. The van der Waals surface area contributed by atoms with Gasteiger partial charge in [0.1, 0.15) is 23.4 Å². The van der Waals surface area contributed by atoms with Crippen molar-refractivity contribution in [2.45, 2.75) is 12.2 Å². The molecule has 2 aromatic heterocycles. The summed E-state index contributed by atoms with van der Waals surface area (Å²) in [5, 5.41) is 33.8. The average Bonchev–Trinajstić information content (AvgIpc) is 3.04. The van der Waals surface area contributed by atoms with Crippen molar-refractivity contribution in [3.8, 4) is 5.69 Å². The number of aliphatic hydroxyl groups excluding tert-OH is 3. The molecule has 0 bridgehead atoms. The van der Waals surface area contributed by atoms with E-state index in [1.165, 1.54) is 0 Å². The quantitative estimate of drug-likeness (QED) is 0.520. The Kier molecular flexibility index (Phi) is 3.89. The van der Waals surface area contributed by atoms with Gasteiger partial charge in [0, 0.05) is 0 Å². The second-order valence-electron chi connectivity index (χ2n) is 5.71. The van der Waals surface area contributed by atoms with Crippen molar-refractivity contribution in [2.75, 3.05) is 6.61 Å². The first kappa shape index (κ1) is 15.6. The summed E-state index contributed by atoms with van der Waals surface area (Å²) in [7, 11) is 0. The van der Waals surface area contributed by atoms with E-state index in [2.05, 4.69) is 15.1 Å². The van der Waals surface area contributed by atoms with Gasteiger partial charge in [-0.2, -0.15) is 5.10 Å². The first-order valence-electron chi connectivity index (χ1n) is 7.87. The number of fused-ring (bicyclic) bond motifs is 2. The summed E-state index contributed by atoms with van der Waals surface area (Å²) in [5.41, 5.74) is 3.17. The Morgan fingerprint density at radius 2 is 1.52 bits per heavy atom. The Balaban J connectivity index is 2.03. The summed E-state index contributed by atoms with van der Waals surface area (Å²) >= 11 is 0. The highest BCUT2D eigenvalue weighted by molar-refractivity contribution is 5.86. The van der Waals surface area contributed by atoms with E-state index >= 15 is 0 Å². The number of benzene rings is 2. The fraction of sp³-hybridized carbons (Fsp3) is 0.167. The molecule has 3 N–H and O–H groups in total. The van der Waals surface area contributed by atoms with Crippen molar-refractivity contribution in [3.05, 3.63) is 60.3 Å². The van der Waals surface area contributed by atoms with Gasteiger partial charge in [-0.05, 0) is 24.3 Å². The van der Waals surface area contributed by atoms with Crippen LogP contribution >= 0.6 is 0 Å². The molecule has 0 aliphatic rings. The van der Waals surface area contributed by atoms with Crippen molar-refractivity contribution in [3.63, 3.8) is 0 Å².